The molecule has 8 heteroatoms. The molecule has 146 valence electrons. The Morgan fingerprint density at radius 1 is 1.21 bits per heavy atom. The number of carbonyl (C=O) groups excluding carboxylic acids is 3. The van der Waals surface area contributed by atoms with Crippen LogP contribution in [0, 0.1) is 5.82 Å². The highest BCUT2D eigenvalue weighted by Gasteiger charge is 2.51. The SMILES string of the molecule is CC[C@@]1(c2ccc(OC)cc2)NC(=O)N(CC(=O)Nc2cccc(F)c2)C1=O. The number of halogens is 1. The maximum atomic E-state index is 13.2. The Labute approximate surface area is 161 Å². The van der Waals surface area contributed by atoms with Crippen LogP contribution in [0.5, 0.6) is 5.75 Å². The van der Waals surface area contributed by atoms with Crippen molar-refractivity contribution in [2.24, 2.45) is 0 Å². The number of carbonyl (C=O) groups is 3. The highest BCUT2D eigenvalue weighted by atomic mass is 19.1. The number of methoxy groups -OCH3 is 1. The summed E-state index contributed by atoms with van der Waals surface area (Å²) in [5.74, 6) is -0.995. The monoisotopic (exact) mass is 385 g/mol. The molecule has 0 bridgehead atoms. The summed E-state index contributed by atoms with van der Waals surface area (Å²) in [6.07, 6.45) is 0.311. The molecule has 0 saturated carbocycles. The lowest BCUT2D eigenvalue weighted by molar-refractivity contribution is -0.134. The van der Waals surface area contributed by atoms with Crippen molar-refractivity contribution in [2.45, 2.75) is 18.9 Å². The van der Waals surface area contributed by atoms with Gasteiger partial charge >= 0.3 is 6.03 Å². The minimum absolute atomic E-state index is 0.244. The number of nitrogens with zero attached hydrogens (tertiary/aromatic N) is 1. The Kier molecular flexibility index (Phi) is 5.30. The molecule has 4 amide bonds. The molecule has 1 saturated heterocycles. The van der Waals surface area contributed by atoms with Crippen LogP contribution in [0.2, 0.25) is 0 Å². The number of urea groups is 1. The van der Waals surface area contributed by atoms with E-state index in [9.17, 15) is 18.8 Å². The molecule has 0 unspecified atom stereocenters. The van der Waals surface area contributed by atoms with E-state index in [0.29, 0.717) is 17.7 Å². The number of rotatable bonds is 6. The third kappa shape index (κ3) is 3.53. The number of imide groups is 1. The normalized spacial score (nSPS) is 18.8. The summed E-state index contributed by atoms with van der Waals surface area (Å²) < 4.78 is 18.4. The van der Waals surface area contributed by atoms with Crippen LogP contribution in [0.25, 0.3) is 0 Å². The third-order valence-corrected chi connectivity index (χ3v) is 4.70. The van der Waals surface area contributed by atoms with Gasteiger partial charge in [0.05, 0.1) is 7.11 Å². The second-order valence-electron chi connectivity index (χ2n) is 6.37. The van der Waals surface area contributed by atoms with Crippen molar-refractivity contribution in [3.05, 3.63) is 59.9 Å². The van der Waals surface area contributed by atoms with Crippen LogP contribution in [0.3, 0.4) is 0 Å². The zero-order valence-electron chi connectivity index (χ0n) is 15.5. The highest BCUT2D eigenvalue weighted by molar-refractivity contribution is 6.10. The van der Waals surface area contributed by atoms with Gasteiger partial charge in [-0.25, -0.2) is 9.18 Å². The number of nitrogens with one attached hydrogen (secondary N) is 2. The van der Waals surface area contributed by atoms with Crippen LogP contribution in [0.15, 0.2) is 48.5 Å². The van der Waals surface area contributed by atoms with E-state index >= 15 is 0 Å². The Hall–Kier alpha value is -3.42. The molecule has 2 aromatic rings. The number of anilines is 1. The second kappa shape index (κ2) is 7.67. The summed E-state index contributed by atoms with van der Waals surface area (Å²) in [4.78, 5) is 38.6. The van der Waals surface area contributed by atoms with Gasteiger partial charge in [0.2, 0.25) is 5.91 Å². The van der Waals surface area contributed by atoms with Crippen molar-refractivity contribution in [3.63, 3.8) is 0 Å². The number of benzene rings is 2. The van der Waals surface area contributed by atoms with E-state index in [-0.39, 0.29) is 5.69 Å². The molecule has 0 radical (unpaired) electrons. The minimum atomic E-state index is -1.25. The van der Waals surface area contributed by atoms with Crippen molar-refractivity contribution in [1.29, 1.82) is 0 Å². The summed E-state index contributed by atoms with van der Waals surface area (Å²) in [6.45, 7) is 1.30. The van der Waals surface area contributed by atoms with Crippen LogP contribution in [0.4, 0.5) is 14.9 Å². The largest absolute Gasteiger partial charge is 0.497 e. The highest BCUT2D eigenvalue weighted by Crippen LogP contribution is 2.33. The molecule has 0 aromatic heterocycles. The van der Waals surface area contributed by atoms with Gasteiger partial charge in [0, 0.05) is 5.69 Å². The van der Waals surface area contributed by atoms with Crippen LogP contribution >= 0.6 is 0 Å². The molecule has 1 heterocycles. The summed E-state index contributed by atoms with van der Waals surface area (Å²) >= 11 is 0. The summed E-state index contributed by atoms with van der Waals surface area (Å²) in [5.41, 5.74) is -0.404. The molecule has 1 aliphatic rings. The van der Waals surface area contributed by atoms with E-state index in [1.807, 2.05) is 0 Å². The minimum Gasteiger partial charge on any atom is -0.497 e. The molecule has 1 aliphatic heterocycles. The second-order valence-corrected chi connectivity index (χ2v) is 6.37. The lowest BCUT2D eigenvalue weighted by atomic mass is 9.87. The standard InChI is InChI=1S/C20H20FN3O4/c1-3-20(13-7-9-16(28-2)10-8-13)18(26)24(19(27)23-20)12-17(25)22-15-6-4-5-14(21)11-15/h4-11H,3,12H2,1-2H3,(H,22,25)(H,23,27)/t20-/m0/s1. The molecule has 28 heavy (non-hydrogen) atoms. The third-order valence-electron chi connectivity index (χ3n) is 4.70. The average Bonchev–Trinajstić information content (AvgIpc) is 2.93. The quantitative estimate of drug-likeness (QED) is 0.749. The van der Waals surface area contributed by atoms with E-state index in [1.165, 1.54) is 25.3 Å². The maximum Gasteiger partial charge on any atom is 0.325 e. The smallest absolute Gasteiger partial charge is 0.325 e. The molecule has 3 rings (SSSR count). The number of hydrogen-bond donors (Lipinski definition) is 2. The van der Waals surface area contributed by atoms with E-state index in [2.05, 4.69) is 10.6 Å². The van der Waals surface area contributed by atoms with Gasteiger partial charge in [-0.15, -0.1) is 0 Å². The van der Waals surface area contributed by atoms with Gasteiger partial charge in [0.15, 0.2) is 0 Å². The summed E-state index contributed by atoms with van der Waals surface area (Å²) in [6, 6.07) is 11.5. The van der Waals surface area contributed by atoms with Gasteiger partial charge in [-0.1, -0.05) is 25.1 Å². The molecular formula is C20H20FN3O4. The van der Waals surface area contributed by atoms with Crippen molar-refractivity contribution >= 4 is 23.5 Å². The Bertz CT molecular complexity index is 916. The Morgan fingerprint density at radius 2 is 1.93 bits per heavy atom. The van der Waals surface area contributed by atoms with Crippen molar-refractivity contribution in [1.82, 2.24) is 10.2 Å². The van der Waals surface area contributed by atoms with Gasteiger partial charge in [-0.05, 0) is 42.3 Å². The maximum absolute atomic E-state index is 13.2. The average molecular weight is 385 g/mol. The predicted molar refractivity (Wildman–Crippen MR) is 100 cm³/mol. The van der Waals surface area contributed by atoms with Crippen molar-refractivity contribution in [2.75, 3.05) is 19.0 Å². The van der Waals surface area contributed by atoms with E-state index in [0.717, 1.165) is 11.0 Å². The zero-order chi connectivity index (χ0) is 20.3. The first-order chi connectivity index (χ1) is 13.4. The molecule has 0 aliphatic carbocycles. The molecule has 2 aromatic carbocycles. The van der Waals surface area contributed by atoms with E-state index < -0.39 is 35.7 Å². The predicted octanol–water partition coefficient (Wildman–Crippen LogP) is 2.63. The first-order valence-electron chi connectivity index (χ1n) is 8.73. The zero-order valence-corrected chi connectivity index (χ0v) is 15.5. The molecule has 1 fully saturated rings. The Morgan fingerprint density at radius 3 is 2.54 bits per heavy atom. The fourth-order valence-corrected chi connectivity index (χ4v) is 3.19. The van der Waals surface area contributed by atoms with Crippen LogP contribution in [0.1, 0.15) is 18.9 Å². The van der Waals surface area contributed by atoms with Gasteiger partial charge < -0.3 is 15.4 Å². The van der Waals surface area contributed by atoms with E-state index in [1.54, 1.807) is 31.2 Å². The summed E-state index contributed by atoms with van der Waals surface area (Å²) in [7, 11) is 1.53. The molecule has 0 spiro atoms. The summed E-state index contributed by atoms with van der Waals surface area (Å²) in [5, 5.41) is 5.19. The lowest BCUT2D eigenvalue weighted by Crippen LogP contribution is -2.44. The van der Waals surface area contributed by atoms with Crippen LogP contribution in [-0.2, 0) is 15.1 Å². The fraction of sp³-hybridized carbons (Fsp3) is 0.250. The Balaban J connectivity index is 1.78. The molecule has 2 N–H and O–H groups in total. The number of amides is 4. The van der Waals surface area contributed by atoms with Crippen molar-refractivity contribution < 1.29 is 23.5 Å². The van der Waals surface area contributed by atoms with Gasteiger partial charge in [-0.2, -0.15) is 0 Å². The number of hydrogen-bond acceptors (Lipinski definition) is 4. The van der Waals surface area contributed by atoms with Gasteiger partial charge in [-0.3, -0.25) is 14.5 Å². The molecular weight excluding hydrogens is 365 g/mol. The lowest BCUT2D eigenvalue weighted by Gasteiger charge is -2.26. The molecule has 7 nitrogen and oxygen atoms in total. The van der Waals surface area contributed by atoms with Crippen molar-refractivity contribution in [3.8, 4) is 5.75 Å². The van der Waals surface area contributed by atoms with Crippen LogP contribution in [-0.4, -0.2) is 36.4 Å². The first-order valence-corrected chi connectivity index (χ1v) is 8.73. The number of ether oxygens (including phenoxy) is 1. The van der Waals surface area contributed by atoms with Crippen LogP contribution < -0.4 is 15.4 Å². The topological polar surface area (TPSA) is 87.7 Å². The van der Waals surface area contributed by atoms with E-state index in [4.69, 9.17) is 4.74 Å². The molecule has 1 atom stereocenters. The first kappa shape index (κ1) is 19.3. The van der Waals surface area contributed by atoms with Gasteiger partial charge in [0.25, 0.3) is 5.91 Å². The van der Waals surface area contributed by atoms with Gasteiger partial charge in [0.1, 0.15) is 23.7 Å². The fourth-order valence-electron chi connectivity index (χ4n) is 3.19.